The van der Waals surface area contributed by atoms with E-state index in [0.29, 0.717) is 12.5 Å². The zero-order chi connectivity index (χ0) is 21.1. The van der Waals surface area contributed by atoms with E-state index < -0.39 is 40.6 Å². The number of carbonyl (C=O) groups is 1. The number of nitro groups is 1. The molecule has 11 nitrogen and oxygen atoms in total. The summed E-state index contributed by atoms with van der Waals surface area (Å²) in [5.41, 5.74) is -0.732. The lowest BCUT2D eigenvalue weighted by molar-refractivity contribution is -0.385. The molecule has 0 spiro atoms. The monoisotopic (exact) mass is 428 g/mol. The first-order valence-electron chi connectivity index (χ1n) is 7.19. The number of non-ortho nitro benzene ring substituents is 1. The van der Waals surface area contributed by atoms with E-state index in [1.165, 1.54) is 12.1 Å². The van der Waals surface area contributed by atoms with Gasteiger partial charge in [-0.15, -0.1) is 0 Å². The molecule has 0 aliphatic heterocycles. The fourth-order valence-electron chi connectivity index (χ4n) is 2.23. The summed E-state index contributed by atoms with van der Waals surface area (Å²) in [6, 6.07) is 6.22. The van der Waals surface area contributed by atoms with Gasteiger partial charge in [0.1, 0.15) is 9.79 Å². The minimum absolute atomic E-state index is 0.0708. The van der Waals surface area contributed by atoms with Gasteiger partial charge in [0.25, 0.3) is 25.9 Å². The number of carbonyl (C=O) groups excluding carboxylic acids is 1. The number of rotatable bonds is 7. The smallest absolute Gasteiger partial charge is 0.295 e. The molecule has 0 aliphatic rings. The molecule has 13 heteroatoms. The van der Waals surface area contributed by atoms with Gasteiger partial charge >= 0.3 is 0 Å². The van der Waals surface area contributed by atoms with E-state index in [1.807, 2.05) is 0 Å². The third kappa shape index (κ3) is 4.98. The van der Waals surface area contributed by atoms with Crippen LogP contribution in [0.25, 0.3) is 12.2 Å². The van der Waals surface area contributed by atoms with E-state index in [2.05, 4.69) is 5.32 Å². The Morgan fingerprint density at radius 3 is 1.86 bits per heavy atom. The number of benzene rings is 2. The summed E-state index contributed by atoms with van der Waals surface area (Å²) in [5.74, 6) is 0. The highest BCUT2D eigenvalue weighted by Gasteiger charge is 2.19. The zero-order valence-electron chi connectivity index (χ0n) is 13.7. The number of nitrogens with one attached hydrogen (secondary N) is 1. The van der Waals surface area contributed by atoms with E-state index in [1.54, 1.807) is 0 Å². The molecule has 3 N–H and O–H groups in total. The lowest BCUT2D eigenvalue weighted by atomic mass is 10.1. The normalized spacial score (nSPS) is 12.1. The Labute approximate surface area is 159 Å². The molecule has 0 aromatic heterocycles. The Kier molecular flexibility index (Phi) is 5.94. The van der Waals surface area contributed by atoms with Crippen LogP contribution in [0.2, 0.25) is 0 Å². The molecular weight excluding hydrogens is 416 g/mol. The van der Waals surface area contributed by atoms with Crippen LogP contribution in [0.15, 0.2) is 46.2 Å². The molecule has 0 radical (unpaired) electrons. The molecule has 148 valence electrons. The molecule has 28 heavy (non-hydrogen) atoms. The first-order valence-corrected chi connectivity index (χ1v) is 10.1. The van der Waals surface area contributed by atoms with Gasteiger partial charge in [-0.25, -0.2) is 0 Å². The first kappa shape index (κ1) is 21.2. The van der Waals surface area contributed by atoms with Gasteiger partial charge in [-0.05, 0) is 29.3 Å². The standard InChI is InChI=1S/C15H12N2O9S2/c18-9-16-12-5-3-10(14(7-12)27(21,22)23)1-2-11-4-6-13(17(19)20)8-15(11)28(24,25)26/h1-9H,(H,16,18)(H,21,22,23)(H,24,25,26)/b2-1+. The highest BCUT2D eigenvalue weighted by atomic mass is 32.2. The molecule has 2 rings (SSSR count). The average molecular weight is 428 g/mol. The third-order valence-corrected chi connectivity index (χ3v) is 5.26. The topological polar surface area (TPSA) is 181 Å². The van der Waals surface area contributed by atoms with Crippen molar-refractivity contribution < 1.29 is 35.7 Å². The fraction of sp³-hybridized carbons (Fsp3) is 0. The van der Waals surface area contributed by atoms with Gasteiger partial charge in [0.2, 0.25) is 6.41 Å². The lowest BCUT2D eigenvalue weighted by Gasteiger charge is -2.07. The minimum Gasteiger partial charge on any atom is -0.329 e. The van der Waals surface area contributed by atoms with Crippen molar-refractivity contribution in [2.24, 2.45) is 0 Å². The van der Waals surface area contributed by atoms with Crippen LogP contribution in [0.5, 0.6) is 0 Å². The predicted molar refractivity (Wildman–Crippen MR) is 97.8 cm³/mol. The molecular formula is C15H12N2O9S2. The van der Waals surface area contributed by atoms with Crippen molar-refractivity contribution in [1.29, 1.82) is 0 Å². The summed E-state index contributed by atoms with van der Waals surface area (Å²) in [6.45, 7) is 0. The van der Waals surface area contributed by atoms with Crippen molar-refractivity contribution in [3.63, 3.8) is 0 Å². The first-order chi connectivity index (χ1) is 12.9. The highest BCUT2D eigenvalue weighted by molar-refractivity contribution is 7.86. The number of hydrogen-bond acceptors (Lipinski definition) is 7. The number of nitro benzene ring substituents is 1. The Hall–Kier alpha value is -3.13. The predicted octanol–water partition coefficient (Wildman–Crippen LogP) is 1.83. The summed E-state index contributed by atoms with van der Waals surface area (Å²) in [5, 5.41) is 13.0. The van der Waals surface area contributed by atoms with E-state index >= 15 is 0 Å². The minimum atomic E-state index is -4.82. The zero-order valence-corrected chi connectivity index (χ0v) is 15.3. The second kappa shape index (κ2) is 7.85. The van der Waals surface area contributed by atoms with E-state index in [0.717, 1.165) is 30.4 Å². The van der Waals surface area contributed by atoms with Gasteiger partial charge in [0.15, 0.2) is 0 Å². The van der Waals surface area contributed by atoms with Crippen LogP contribution in [0.4, 0.5) is 11.4 Å². The van der Waals surface area contributed by atoms with Crippen molar-refractivity contribution in [3.05, 3.63) is 57.6 Å². The maximum absolute atomic E-state index is 11.6. The molecule has 1 amide bonds. The quantitative estimate of drug-likeness (QED) is 0.195. The van der Waals surface area contributed by atoms with Crippen molar-refractivity contribution in [2.75, 3.05) is 5.32 Å². The molecule has 2 aromatic rings. The van der Waals surface area contributed by atoms with Crippen LogP contribution in [0.1, 0.15) is 11.1 Å². The van der Waals surface area contributed by atoms with Crippen LogP contribution in [0.3, 0.4) is 0 Å². The van der Waals surface area contributed by atoms with Crippen molar-refractivity contribution in [3.8, 4) is 0 Å². The van der Waals surface area contributed by atoms with E-state index in [9.17, 15) is 40.8 Å². The Morgan fingerprint density at radius 1 is 0.893 bits per heavy atom. The molecule has 0 bridgehead atoms. The van der Waals surface area contributed by atoms with Gasteiger partial charge in [0.05, 0.1) is 4.92 Å². The summed E-state index contributed by atoms with van der Waals surface area (Å²) >= 11 is 0. The van der Waals surface area contributed by atoms with E-state index in [-0.39, 0.29) is 16.8 Å². The molecule has 0 saturated carbocycles. The van der Waals surface area contributed by atoms with Crippen molar-refractivity contribution in [2.45, 2.75) is 9.79 Å². The Balaban J connectivity index is 2.60. The summed E-state index contributed by atoms with van der Waals surface area (Å²) in [4.78, 5) is 19.1. The number of amides is 1. The van der Waals surface area contributed by atoms with Crippen LogP contribution in [-0.2, 0) is 25.0 Å². The van der Waals surface area contributed by atoms with Crippen LogP contribution < -0.4 is 5.32 Å². The second-order valence-corrected chi connectivity index (χ2v) is 8.06. The van der Waals surface area contributed by atoms with E-state index in [4.69, 9.17) is 0 Å². The van der Waals surface area contributed by atoms with Crippen LogP contribution >= 0.6 is 0 Å². The Bertz CT molecular complexity index is 1190. The van der Waals surface area contributed by atoms with Gasteiger partial charge < -0.3 is 5.32 Å². The molecule has 0 atom stereocenters. The molecule has 0 saturated heterocycles. The SMILES string of the molecule is O=CNc1ccc(/C=C/c2ccc([N+](=O)[O-])cc2S(=O)(=O)O)c(S(=O)(=O)O)c1. The fourth-order valence-corrected chi connectivity index (χ4v) is 3.64. The summed E-state index contributed by atoms with van der Waals surface area (Å²) < 4.78 is 64.8. The molecule has 0 fully saturated rings. The maximum Gasteiger partial charge on any atom is 0.295 e. The third-order valence-electron chi connectivity index (χ3n) is 3.45. The second-order valence-electron chi connectivity index (χ2n) is 5.28. The summed E-state index contributed by atoms with van der Waals surface area (Å²) in [7, 11) is -9.52. The van der Waals surface area contributed by atoms with Gasteiger partial charge in [0, 0.05) is 17.8 Å². The number of anilines is 1. The van der Waals surface area contributed by atoms with Gasteiger partial charge in [-0.3, -0.25) is 24.0 Å². The highest BCUT2D eigenvalue weighted by Crippen LogP contribution is 2.26. The number of hydrogen-bond donors (Lipinski definition) is 3. The average Bonchev–Trinajstić information content (AvgIpc) is 2.59. The Morgan fingerprint density at radius 2 is 1.39 bits per heavy atom. The van der Waals surface area contributed by atoms with Crippen molar-refractivity contribution >= 4 is 50.2 Å². The van der Waals surface area contributed by atoms with Crippen LogP contribution in [0, 0.1) is 10.1 Å². The summed E-state index contributed by atoms with van der Waals surface area (Å²) in [6.07, 6.45) is 2.50. The molecule has 0 unspecified atom stereocenters. The maximum atomic E-state index is 11.6. The van der Waals surface area contributed by atoms with Gasteiger partial charge in [-0.1, -0.05) is 18.2 Å². The molecule has 0 heterocycles. The molecule has 2 aromatic carbocycles. The molecule has 0 aliphatic carbocycles. The largest absolute Gasteiger partial charge is 0.329 e. The van der Waals surface area contributed by atoms with Crippen molar-refractivity contribution in [1.82, 2.24) is 0 Å². The van der Waals surface area contributed by atoms with Gasteiger partial charge in [-0.2, -0.15) is 16.8 Å². The number of nitrogens with zero attached hydrogens (tertiary/aromatic N) is 1. The lowest BCUT2D eigenvalue weighted by Crippen LogP contribution is -2.04. The van der Waals surface area contributed by atoms with Crippen LogP contribution in [-0.4, -0.2) is 37.3 Å².